The van der Waals surface area contributed by atoms with Crippen molar-refractivity contribution in [1.29, 1.82) is 0 Å². The van der Waals surface area contributed by atoms with Crippen LogP contribution in [0.5, 0.6) is 5.75 Å². The van der Waals surface area contributed by atoms with Crippen LogP contribution in [-0.4, -0.2) is 30.1 Å². The van der Waals surface area contributed by atoms with Crippen molar-refractivity contribution in [1.82, 2.24) is 4.90 Å². The zero-order chi connectivity index (χ0) is 15.4. The highest BCUT2D eigenvalue weighted by atomic mass is 32.1. The van der Waals surface area contributed by atoms with E-state index in [4.69, 9.17) is 4.74 Å². The van der Waals surface area contributed by atoms with Gasteiger partial charge in [0, 0.05) is 17.5 Å². The van der Waals surface area contributed by atoms with Gasteiger partial charge in [-0.3, -0.25) is 4.90 Å². The maximum Gasteiger partial charge on any atom is 0.339 e. The lowest BCUT2D eigenvalue weighted by Crippen LogP contribution is -2.21. The number of carboxylic acids is 1. The van der Waals surface area contributed by atoms with Crippen LogP contribution in [0.2, 0.25) is 0 Å². The van der Waals surface area contributed by atoms with Crippen molar-refractivity contribution in [2.24, 2.45) is 0 Å². The Labute approximate surface area is 128 Å². The fourth-order valence-electron chi connectivity index (χ4n) is 2.19. The van der Waals surface area contributed by atoms with E-state index in [-0.39, 0.29) is 5.56 Å². The van der Waals surface area contributed by atoms with E-state index in [0.717, 1.165) is 5.56 Å². The van der Waals surface area contributed by atoms with Gasteiger partial charge >= 0.3 is 5.97 Å². The molecular formula is C16H19NO3S. The SMILES string of the molecule is COc1ccc(CN(C)C(C)c2cccs2)cc1C(=O)O. The van der Waals surface area contributed by atoms with Crippen LogP contribution in [0.3, 0.4) is 0 Å². The fraction of sp³-hybridized carbons (Fsp3) is 0.312. The molecule has 0 aliphatic carbocycles. The fourth-order valence-corrected chi connectivity index (χ4v) is 3.04. The summed E-state index contributed by atoms with van der Waals surface area (Å²) in [6.07, 6.45) is 0. The summed E-state index contributed by atoms with van der Waals surface area (Å²) in [7, 11) is 3.52. The molecule has 0 saturated heterocycles. The van der Waals surface area contributed by atoms with Gasteiger partial charge < -0.3 is 9.84 Å². The molecule has 1 atom stereocenters. The standard InChI is InChI=1S/C16H19NO3S/c1-11(15-5-4-8-21-15)17(2)10-12-6-7-14(20-3)13(9-12)16(18)19/h4-9,11H,10H2,1-3H3,(H,18,19). The van der Waals surface area contributed by atoms with Crippen molar-refractivity contribution in [3.8, 4) is 5.75 Å². The van der Waals surface area contributed by atoms with E-state index in [1.807, 2.05) is 19.2 Å². The first-order chi connectivity index (χ1) is 10.0. The first-order valence-electron chi connectivity index (χ1n) is 6.66. The van der Waals surface area contributed by atoms with E-state index >= 15 is 0 Å². The van der Waals surface area contributed by atoms with Gasteiger partial charge in [0.15, 0.2) is 0 Å². The first kappa shape index (κ1) is 15.5. The summed E-state index contributed by atoms with van der Waals surface area (Å²) in [5, 5.41) is 11.3. The monoisotopic (exact) mass is 305 g/mol. The molecule has 1 N–H and O–H groups in total. The lowest BCUT2D eigenvalue weighted by molar-refractivity contribution is 0.0693. The van der Waals surface area contributed by atoms with E-state index in [1.54, 1.807) is 23.5 Å². The minimum Gasteiger partial charge on any atom is -0.496 e. The number of hydrogen-bond acceptors (Lipinski definition) is 4. The van der Waals surface area contributed by atoms with Crippen LogP contribution in [0.1, 0.15) is 33.8 Å². The average Bonchev–Trinajstić information content (AvgIpc) is 3.00. The summed E-state index contributed by atoms with van der Waals surface area (Å²) in [4.78, 5) is 14.7. The molecule has 0 amide bonds. The van der Waals surface area contributed by atoms with Gasteiger partial charge in [0.1, 0.15) is 11.3 Å². The Morgan fingerprint density at radius 2 is 2.19 bits per heavy atom. The highest BCUT2D eigenvalue weighted by molar-refractivity contribution is 7.10. The van der Waals surface area contributed by atoms with Crippen molar-refractivity contribution >= 4 is 17.3 Å². The van der Waals surface area contributed by atoms with Gasteiger partial charge in [0.05, 0.1) is 7.11 Å². The predicted molar refractivity (Wildman–Crippen MR) is 84.2 cm³/mol. The van der Waals surface area contributed by atoms with E-state index in [0.29, 0.717) is 18.3 Å². The minimum absolute atomic E-state index is 0.201. The molecule has 1 heterocycles. The number of rotatable bonds is 6. The first-order valence-corrected chi connectivity index (χ1v) is 7.54. The topological polar surface area (TPSA) is 49.8 Å². The second-order valence-electron chi connectivity index (χ2n) is 4.95. The molecule has 0 aliphatic rings. The molecule has 112 valence electrons. The molecule has 1 aromatic heterocycles. The van der Waals surface area contributed by atoms with E-state index in [2.05, 4.69) is 23.3 Å². The number of carbonyl (C=O) groups is 1. The zero-order valence-electron chi connectivity index (χ0n) is 12.4. The van der Waals surface area contributed by atoms with Gasteiger partial charge in [-0.2, -0.15) is 0 Å². The van der Waals surface area contributed by atoms with Crippen LogP contribution < -0.4 is 4.74 Å². The Balaban J connectivity index is 2.16. The molecule has 4 nitrogen and oxygen atoms in total. The number of thiophene rings is 1. The number of methoxy groups -OCH3 is 1. The van der Waals surface area contributed by atoms with E-state index < -0.39 is 5.97 Å². The molecule has 0 saturated carbocycles. The smallest absolute Gasteiger partial charge is 0.339 e. The normalized spacial score (nSPS) is 12.4. The molecule has 21 heavy (non-hydrogen) atoms. The molecule has 0 radical (unpaired) electrons. The molecule has 0 aliphatic heterocycles. The van der Waals surface area contributed by atoms with Crippen LogP contribution in [-0.2, 0) is 6.54 Å². The summed E-state index contributed by atoms with van der Waals surface area (Å²) in [6.45, 7) is 2.83. The Morgan fingerprint density at radius 3 is 2.76 bits per heavy atom. The average molecular weight is 305 g/mol. The van der Waals surface area contributed by atoms with Gasteiger partial charge in [-0.15, -0.1) is 11.3 Å². The van der Waals surface area contributed by atoms with Crippen LogP contribution in [0.25, 0.3) is 0 Å². The van der Waals surface area contributed by atoms with Crippen LogP contribution >= 0.6 is 11.3 Å². The maximum atomic E-state index is 11.2. The van der Waals surface area contributed by atoms with Crippen LogP contribution in [0.15, 0.2) is 35.7 Å². The number of carboxylic acid groups (broad SMARTS) is 1. The van der Waals surface area contributed by atoms with Gasteiger partial charge in [0.2, 0.25) is 0 Å². The maximum absolute atomic E-state index is 11.2. The molecular weight excluding hydrogens is 286 g/mol. The zero-order valence-corrected chi connectivity index (χ0v) is 13.2. The van der Waals surface area contributed by atoms with Crippen molar-refractivity contribution in [3.05, 3.63) is 51.7 Å². The van der Waals surface area contributed by atoms with Crippen molar-refractivity contribution < 1.29 is 14.6 Å². The van der Waals surface area contributed by atoms with Gasteiger partial charge in [-0.1, -0.05) is 12.1 Å². The Morgan fingerprint density at radius 1 is 1.43 bits per heavy atom. The van der Waals surface area contributed by atoms with Crippen molar-refractivity contribution in [2.75, 3.05) is 14.2 Å². The van der Waals surface area contributed by atoms with Gasteiger partial charge in [0.25, 0.3) is 0 Å². The second-order valence-corrected chi connectivity index (χ2v) is 5.93. The highest BCUT2D eigenvalue weighted by Gasteiger charge is 2.15. The lowest BCUT2D eigenvalue weighted by atomic mass is 10.1. The minimum atomic E-state index is -0.970. The summed E-state index contributed by atoms with van der Waals surface area (Å²) in [5.41, 5.74) is 1.16. The number of ether oxygens (including phenoxy) is 1. The summed E-state index contributed by atoms with van der Waals surface area (Å²) >= 11 is 1.73. The third-order valence-corrected chi connectivity index (χ3v) is 4.58. The third kappa shape index (κ3) is 3.62. The number of nitrogens with zero attached hydrogens (tertiary/aromatic N) is 1. The third-order valence-electron chi connectivity index (χ3n) is 3.54. The molecule has 1 aromatic carbocycles. The molecule has 5 heteroatoms. The van der Waals surface area contributed by atoms with Crippen molar-refractivity contribution in [2.45, 2.75) is 19.5 Å². The number of hydrogen-bond donors (Lipinski definition) is 1. The number of benzene rings is 1. The quantitative estimate of drug-likeness (QED) is 0.885. The molecule has 1 unspecified atom stereocenters. The molecule has 0 spiro atoms. The number of aromatic carboxylic acids is 1. The van der Waals surface area contributed by atoms with Crippen molar-refractivity contribution in [3.63, 3.8) is 0 Å². The summed E-state index contributed by atoms with van der Waals surface area (Å²) in [5.74, 6) is -0.581. The van der Waals surface area contributed by atoms with Gasteiger partial charge in [-0.05, 0) is 43.1 Å². The molecule has 2 rings (SSSR count). The van der Waals surface area contributed by atoms with Crippen LogP contribution in [0.4, 0.5) is 0 Å². The molecule has 0 fully saturated rings. The van der Waals surface area contributed by atoms with Crippen LogP contribution in [0, 0.1) is 0 Å². The lowest BCUT2D eigenvalue weighted by Gasteiger charge is -2.24. The second kappa shape index (κ2) is 6.74. The summed E-state index contributed by atoms with van der Waals surface area (Å²) in [6, 6.07) is 9.74. The van der Waals surface area contributed by atoms with E-state index in [1.165, 1.54) is 12.0 Å². The Kier molecular flexibility index (Phi) is 4.98. The van der Waals surface area contributed by atoms with E-state index in [9.17, 15) is 9.90 Å². The Hall–Kier alpha value is -1.85. The Bertz CT molecular complexity index is 610. The highest BCUT2D eigenvalue weighted by Crippen LogP contribution is 2.26. The predicted octanol–water partition coefficient (Wildman–Crippen LogP) is 3.65. The molecule has 2 aromatic rings. The molecule has 0 bridgehead atoms. The van der Waals surface area contributed by atoms with Gasteiger partial charge in [-0.25, -0.2) is 4.79 Å². The summed E-state index contributed by atoms with van der Waals surface area (Å²) < 4.78 is 5.08. The largest absolute Gasteiger partial charge is 0.496 e.